The van der Waals surface area contributed by atoms with Gasteiger partial charge in [-0.2, -0.15) is 0 Å². The lowest BCUT2D eigenvalue weighted by Gasteiger charge is -2.16. The molecule has 1 aromatic heterocycles. The van der Waals surface area contributed by atoms with Crippen LogP contribution in [0.1, 0.15) is 50.5 Å². The van der Waals surface area contributed by atoms with Crippen LogP contribution >= 0.6 is 0 Å². The number of pyridine rings is 1. The van der Waals surface area contributed by atoms with E-state index in [1.165, 1.54) is 12.1 Å². The van der Waals surface area contributed by atoms with Crippen LogP contribution in [-0.2, 0) is 17.9 Å². The van der Waals surface area contributed by atoms with Gasteiger partial charge in [-0.15, -0.1) is 0 Å². The molecule has 1 fully saturated rings. The Morgan fingerprint density at radius 1 is 1.22 bits per heavy atom. The van der Waals surface area contributed by atoms with Gasteiger partial charge in [-0.05, 0) is 36.6 Å². The second-order valence-corrected chi connectivity index (χ2v) is 6.56. The van der Waals surface area contributed by atoms with E-state index in [0.29, 0.717) is 25.2 Å². The third-order valence-electron chi connectivity index (χ3n) is 4.54. The zero-order valence-electron chi connectivity index (χ0n) is 15.1. The number of hydrogen-bond acceptors (Lipinski definition) is 4. The van der Waals surface area contributed by atoms with E-state index in [2.05, 4.69) is 10.3 Å². The number of benzene rings is 1. The number of hydrogen-bond donors (Lipinski definition) is 2. The van der Waals surface area contributed by atoms with Crippen LogP contribution < -0.4 is 5.32 Å². The van der Waals surface area contributed by atoms with Crippen molar-refractivity contribution in [3.63, 3.8) is 0 Å². The Labute approximate surface area is 157 Å². The second kappa shape index (κ2) is 7.99. The Kier molecular flexibility index (Phi) is 5.49. The predicted molar refractivity (Wildman–Crippen MR) is 98.2 cm³/mol. The van der Waals surface area contributed by atoms with Crippen molar-refractivity contribution in [2.45, 2.75) is 32.9 Å². The number of nitrogens with zero attached hydrogens (tertiary/aromatic N) is 2. The van der Waals surface area contributed by atoms with Gasteiger partial charge in [0, 0.05) is 26.1 Å². The largest absolute Gasteiger partial charge is 0.478 e. The van der Waals surface area contributed by atoms with Gasteiger partial charge in [-0.25, -0.2) is 9.78 Å². The molecular weight excluding hydrogens is 346 g/mol. The third kappa shape index (κ3) is 4.49. The first-order valence-electron chi connectivity index (χ1n) is 8.79. The molecule has 2 heterocycles. The molecule has 2 amide bonds. The number of amides is 2. The van der Waals surface area contributed by atoms with Crippen LogP contribution in [-0.4, -0.2) is 39.3 Å². The van der Waals surface area contributed by atoms with Crippen molar-refractivity contribution < 1.29 is 19.5 Å². The fourth-order valence-corrected chi connectivity index (χ4v) is 3.12. The van der Waals surface area contributed by atoms with Gasteiger partial charge in [0.05, 0.1) is 11.3 Å². The Balaban J connectivity index is 1.62. The summed E-state index contributed by atoms with van der Waals surface area (Å²) in [5, 5.41) is 11.8. The number of carbonyl (C=O) groups is 3. The van der Waals surface area contributed by atoms with Crippen molar-refractivity contribution in [1.29, 1.82) is 0 Å². The lowest BCUT2D eigenvalue weighted by molar-refractivity contribution is -0.128. The predicted octanol–water partition coefficient (Wildman–Crippen LogP) is 2.14. The van der Waals surface area contributed by atoms with Crippen LogP contribution in [0.4, 0.5) is 0 Å². The molecule has 0 aliphatic carbocycles. The maximum absolute atomic E-state index is 12.3. The normalized spacial score (nSPS) is 13.7. The topological polar surface area (TPSA) is 99.6 Å². The maximum atomic E-state index is 12.3. The van der Waals surface area contributed by atoms with Crippen LogP contribution in [0, 0.1) is 6.92 Å². The number of aryl methyl sites for hydroxylation is 1. The fraction of sp³-hybridized carbons (Fsp3) is 0.300. The molecule has 1 saturated heterocycles. The summed E-state index contributed by atoms with van der Waals surface area (Å²) in [5.41, 5.74) is 2.50. The van der Waals surface area contributed by atoms with Crippen molar-refractivity contribution in [2.75, 3.05) is 6.54 Å². The summed E-state index contributed by atoms with van der Waals surface area (Å²) in [7, 11) is 0. The summed E-state index contributed by atoms with van der Waals surface area (Å²) in [5.74, 6) is -1.25. The Morgan fingerprint density at radius 3 is 2.67 bits per heavy atom. The first kappa shape index (κ1) is 18.6. The number of carboxylic acid groups (broad SMARTS) is 1. The van der Waals surface area contributed by atoms with Crippen molar-refractivity contribution in [2.24, 2.45) is 0 Å². The third-order valence-corrected chi connectivity index (χ3v) is 4.54. The molecule has 1 aromatic carbocycles. The minimum Gasteiger partial charge on any atom is -0.478 e. The highest BCUT2D eigenvalue weighted by Gasteiger charge is 2.20. The van der Waals surface area contributed by atoms with E-state index in [9.17, 15) is 14.4 Å². The van der Waals surface area contributed by atoms with Gasteiger partial charge in [0.25, 0.3) is 5.91 Å². The Morgan fingerprint density at radius 2 is 2.00 bits per heavy atom. The molecule has 0 radical (unpaired) electrons. The molecule has 0 saturated carbocycles. The molecule has 140 valence electrons. The second-order valence-electron chi connectivity index (χ2n) is 6.56. The van der Waals surface area contributed by atoms with E-state index >= 15 is 0 Å². The number of carbonyl (C=O) groups excluding carboxylic acids is 2. The molecule has 0 unspecified atom stereocenters. The van der Waals surface area contributed by atoms with Crippen LogP contribution in [0.2, 0.25) is 0 Å². The number of nitrogens with one attached hydrogen (secondary N) is 1. The van der Waals surface area contributed by atoms with E-state index in [1.54, 1.807) is 6.92 Å². The molecule has 1 aliphatic rings. The summed E-state index contributed by atoms with van der Waals surface area (Å²) in [6.45, 7) is 3.25. The van der Waals surface area contributed by atoms with Gasteiger partial charge < -0.3 is 15.3 Å². The summed E-state index contributed by atoms with van der Waals surface area (Å²) < 4.78 is 0. The molecular formula is C20H21N3O4. The van der Waals surface area contributed by atoms with E-state index < -0.39 is 5.97 Å². The molecule has 1 aliphatic heterocycles. The van der Waals surface area contributed by atoms with E-state index in [1.807, 2.05) is 29.2 Å². The van der Waals surface area contributed by atoms with Gasteiger partial charge in [0.2, 0.25) is 5.91 Å². The highest BCUT2D eigenvalue weighted by Crippen LogP contribution is 2.15. The summed E-state index contributed by atoms with van der Waals surface area (Å²) in [4.78, 5) is 41.0. The summed E-state index contributed by atoms with van der Waals surface area (Å²) in [6.07, 6.45) is 1.52. The van der Waals surface area contributed by atoms with Gasteiger partial charge >= 0.3 is 5.97 Å². The number of likely N-dealkylation sites (tertiary alicyclic amines) is 1. The van der Waals surface area contributed by atoms with Crippen molar-refractivity contribution >= 4 is 17.8 Å². The number of aromatic carboxylic acids is 1. The van der Waals surface area contributed by atoms with Crippen molar-refractivity contribution in [3.05, 3.63) is 64.5 Å². The first-order chi connectivity index (χ1) is 12.9. The minimum atomic E-state index is -1.07. The smallest absolute Gasteiger partial charge is 0.337 e. The Bertz CT molecular complexity index is 895. The fourth-order valence-electron chi connectivity index (χ4n) is 3.12. The van der Waals surface area contributed by atoms with E-state index in [-0.39, 0.29) is 23.1 Å². The maximum Gasteiger partial charge on any atom is 0.337 e. The quantitative estimate of drug-likeness (QED) is 0.815. The lowest BCUT2D eigenvalue weighted by atomic mass is 10.1. The number of rotatable bonds is 6. The van der Waals surface area contributed by atoms with Gasteiger partial charge in [0.15, 0.2) is 0 Å². The van der Waals surface area contributed by atoms with Crippen LogP contribution in [0.15, 0.2) is 36.4 Å². The monoisotopic (exact) mass is 367 g/mol. The minimum absolute atomic E-state index is 0.0794. The standard InChI is InChI=1S/C20H21N3O4/c1-13-16(20(26)27)7-8-17(22-13)19(25)21-11-14-4-2-5-15(10-14)12-23-9-3-6-18(23)24/h2,4-5,7-8,10H,3,6,9,11-12H2,1H3,(H,21,25)(H,26,27). The summed E-state index contributed by atoms with van der Waals surface area (Å²) >= 11 is 0. The molecule has 27 heavy (non-hydrogen) atoms. The van der Waals surface area contributed by atoms with Crippen molar-refractivity contribution in [3.8, 4) is 0 Å². The van der Waals surface area contributed by atoms with Gasteiger partial charge in [0.1, 0.15) is 5.69 Å². The SMILES string of the molecule is Cc1nc(C(=O)NCc2cccc(CN3CCCC3=O)c2)ccc1C(=O)O. The molecule has 2 N–H and O–H groups in total. The number of aromatic nitrogens is 1. The van der Waals surface area contributed by atoms with Gasteiger partial charge in [-0.1, -0.05) is 24.3 Å². The van der Waals surface area contributed by atoms with E-state index in [0.717, 1.165) is 24.1 Å². The zero-order chi connectivity index (χ0) is 19.4. The van der Waals surface area contributed by atoms with Crippen molar-refractivity contribution in [1.82, 2.24) is 15.2 Å². The number of carboxylic acids is 1. The first-order valence-corrected chi connectivity index (χ1v) is 8.79. The summed E-state index contributed by atoms with van der Waals surface area (Å²) in [6, 6.07) is 10.5. The average molecular weight is 367 g/mol. The molecule has 7 heteroatoms. The highest BCUT2D eigenvalue weighted by molar-refractivity contribution is 5.94. The molecule has 0 atom stereocenters. The van der Waals surface area contributed by atoms with Crippen LogP contribution in [0.25, 0.3) is 0 Å². The zero-order valence-corrected chi connectivity index (χ0v) is 15.1. The molecule has 0 bridgehead atoms. The highest BCUT2D eigenvalue weighted by atomic mass is 16.4. The van der Waals surface area contributed by atoms with Crippen LogP contribution in [0.5, 0.6) is 0 Å². The Hall–Kier alpha value is -3.22. The lowest BCUT2D eigenvalue weighted by Crippen LogP contribution is -2.25. The van der Waals surface area contributed by atoms with Crippen LogP contribution in [0.3, 0.4) is 0 Å². The average Bonchev–Trinajstić information content (AvgIpc) is 3.04. The van der Waals surface area contributed by atoms with E-state index in [4.69, 9.17) is 5.11 Å². The molecule has 7 nitrogen and oxygen atoms in total. The molecule has 3 rings (SSSR count). The molecule has 2 aromatic rings. The molecule has 0 spiro atoms. The van der Waals surface area contributed by atoms with Gasteiger partial charge in [-0.3, -0.25) is 9.59 Å².